The van der Waals surface area contributed by atoms with Crippen LogP contribution in [0.1, 0.15) is 168 Å². The van der Waals surface area contributed by atoms with Gasteiger partial charge in [-0.1, -0.05) is 122 Å². The zero-order valence-corrected chi connectivity index (χ0v) is 38.4. The third-order valence-electron chi connectivity index (χ3n) is 15.3. The predicted molar refractivity (Wildman–Crippen MR) is 248 cm³/mol. The van der Waals surface area contributed by atoms with Crippen LogP contribution in [0, 0.1) is 6.92 Å². The summed E-state index contributed by atoms with van der Waals surface area (Å²) in [5.74, 6) is 1.03. The van der Waals surface area contributed by atoms with Crippen LogP contribution in [0.15, 0.2) is 71.1 Å². The van der Waals surface area contributed by atoms with Crippen LogP contribution in [-0.4, -0.2) is 6.71 Å². The molecule has 0 fully saturated rings. The molecule has 0 unspecified atom stereocenters. The Kier molecular flexibility index (Phi) is 7.31. The van der Waals surface area contributed by atoms with Gasteiger partial charge in [0.05, 0.1) is 11.3 Å². The summed E-state index contributed by atoms with van der Waals surface area (Å²) in [7, 11) is 0. The van der Waals surface area contributed by atoms with Gasteiger partial charge in [0.15, 0.2) is 0 Å². The standard InChI is InChI=1S/C54H65BN2O/c1-31-21-42-46-43(22-31)57(33-18-20-35-37(24-33)52(11,12)29-50(35,7)8)44-27-45(48(2,3)4)58-47(44)55(46)40-25-38-39(54(15,16)30-53(38,13)14)26-41(40)56(42)32-17-19-34-36(23-32)51(9,10)28-49(34,5)6/h17-27H,28-30H2,1-16H3. The van der Waals surface area contributed by atoms with Crippen LogP contribution in [-0.2, 0) is 37.9 Å². The molecule has 0 saturated carbocycles. The Labute approximate surface area is 349 Å². The fourth-order valence-corrected chi connectivity index (χ4v) is 13.5. The molecule has 0 radical (unpaired) electrons. The summed E-state index contributed by atoms with van der Waals surface area (Å²) in [5, 5.41) is 0. The average molecular weight is 769 g/mol. The highest BCUT2D eigenvalue weighted by Crippen LogP contribution is 2.56. The van der Waals surface area contributed by atoms with Crippen molar-refractivity contribution in [2.45, 2.75) is 168 Å². The number of hydrogen-bond donors (Lipinski definition) is 0. The lowest BCUT2D eigenvalue weighted by molar-refractivity contribution is 0.402. The molecule has 2 aliphatic heterocycles. The Morgan fingerprint density at radius 1 is 0.483 bits per heavy atom. The van der Waals surface area contributed by atoms with Crippen molar-refractivity contribution in [3.63, 3.8) is 0 Å². The van der Waals surface area contributed by atoms with Crippen LogP contribution in [0.2, 0.25) is 0 Å². The first kappa shape index (κ1) is 38.1. The second-order valence-electron chi connectivity index (χ2n) is 24.2. The maximum Gasteiger partial charge on any atom is 0.297 e. The minimum Gasteiger partial charge on any atom is -0.473 e. The highest BCUT2D eigenvalue weighted by molar-refractivity contribution is 6.99. The van der Waals surface area contributed by atoms with Gasteiger partial charge in [-0.15, -0.1) is 0 Å². The number of furan rings is 1. The van der Waals surface area contributed by atoms with E-state index in [-0.39, 0.29) is 44.6 Å². The molecular formula is C54H65BN2O. The van der Waals surface area contributed by atoms with Crippen molar-refractivity contribution < 1.29 is 4.42 Å². The number of nitrogens with zero attached hydrogens (tertiary/aromatic N) is 2. The lowest BCUT2D eigenvalue weighted by atomic mass is 9.35. The molecule has 1 aromatic heterocycles. The zero-order valence-electron chi connectivity index (χ0n) is 38.4. The Bertz CT molecular complexity index is 2620. The van der Waals surface area contributed by atoms with E-state index in [0.29, 0.717) is 0 Å². The number of aryl methyl sites for hydroxylation is 1. The van der Waals surface area contributed by atoms with Crippen molar-refractivity contribution in [2.75, 3.05) is 9.80 Å². The zero-order chi connectivity index (χ0) is 41.7. The molecule has 58 heavy (non-hydrogen) atoms. The third-order valence-corrected chi connectivity index (χ3v) is 15.3. The lowest BCUT2D eigenvalue weighted by Crippen LogP contribution is -2.61. The van der Waals surface area contributed by atoms with E-state index in [1.165, 1.54) is 84.0 Å². The maximum atomic E-state index is 7.33. The molecular weight excluding hydrogens is 703 g/mol. The van der Waals surface area contributed by atoms with E-state index >= 15 is 0 Å². The summed E-state index contributed by atoms with van der Waals surface area (Å²) in [6, 6.07) is 27.3. The largest absolute Gasteiger partial charge is 0.473 e. The molecule has 0 saturated heterocycles. The average Bonchev–Trinajstić information content (AvgIpc) is 3.72. The molecule has 0 atom stereocenters. The highest BCUT2D eigenvalue weighted by atomic mass is 16.3. The molecule has 5 aliphatic rings. The van der Waals surface area contributed by atoms with E-state index < -0.39 is 0 Å². The third kappa shape index (κ3) is 5.11. The summed E-state index contributed by atoms with van der Waals surface area (Å²) in [6.45, 7) is 38.4. The first-order chi connectivity index (χ1) is 26.7. The van der Waals surface area contributed by atoms with Crippen molar-refractivity contribution in [2.24, 2.45) is 0 Å². The topological polar surface area (TPSA) is 19.6 Å². The first-order valence-electron chi connectivity index (χ1n) is 22.1. The molecule has 0 spiro atoms. The normalized spacial score (nSPS) is 21.6. The van der Waals surface area contributed by atoms with E-state index in [2.05, 4.69) is 187 Å². The quantitative estimate of drug-likeness (QED) is 0.163. The van der Waals surface area contributed by atoms with Crippen molar-refractivity contribution >= 4 is 57.4 Å². The van der Waals surface area contributed by atoms with Gasteiger partial charge in [0, 0.05) is 39.9 Å². The van der Waals surface area contributed by atoms with Gasteiger partial charge < -0.3 is 14.2 Å². The highest BCUT2D eigenvalue weighted by Gasteiger charge is 2.51. The number of hydrogen-bond acceptors (Lipinski definition) is 3. The molecule has 300 valence electrons. The van der Waals surface area contributed by atoms with E-state index in [4.69, 9.17) is 4.42 Å². The van der Waals surface area contributed by atoms with Crippen LogP contribution < -0.4 is 26.4 Å². The van der Waals surface area contributed by atoms with Crippen LogP contribution in [0.3, 0.4) is 0 Å². The van der Waals surface area contributed by atoms with Gasteiger partial charge in [0.25, 0.3) is 6.71 Å². The molecule has 0 N–H and O–H groups in total. The Hall–Kier alpha value is -4.18. The molecule has 10 rings (SSSR count). The monoisotopic (exact) mass is 769 g/mol. The predicted octanol–water partition coefficient (Wildman–Crippen LogP) is 12.8. The van der Waals surface area contributed by atoms with Gasteiger partial charge in [-0.2, -0.15) is 0 Å². The van der Waals surface area contributed by atoms with Crippen molar-refractivity contribution in [3.05, 3.63) is 111 Å². The minimum absolute atomic E-state index is 0.0429. The van der Waals surface area contributed by atoms with E-state index in [1.807, 2.05) is 0 Å². The lowest BCUT2D eigenvalue weighted by Gasteiger charge is -2.43. The Morgan fingerprint density at radius 2 is 0.897 bits per heavy atom. The molecule has 5 aromatic rings. The summed E-state index contributed by atoms with van der Waals surface area (Å²) < 4.78 is 7.33. The fourth-order valence-electron chi connectivity index (χ4n) is 13.5. The van der Waals surface area contributed by atoms with Crippen LogP contribution >= 0.6 is 0 Å². The first-order valence-corrected chi connectivity index (χ1v) is 22.1. The molecule has 3 aliphatic carbocycles. The van der Waals surface area contributed by atoms with Crippen molar-refractivity contribution in [3.8, 4) is 0 Å². The van der Waals surface area contributed by atoms with Gasteiger partial charge in [0.1, 0.15) is 5.76 Å². The maximum absolute atomic E-state index is 7.33. The molecule has 0 amide bonds. The SMILES string of the molecule is Cc1cc2c3c(c1)N(c1ccc4c(c1)C(C)(C)CC4(C)C)c1cc(C(C)(C)C)oc1B3c1cc3c(cc1N2c1ccc2c(c1)C(C)(C)CC2(C)C)C(C)(C)CC3(C)C. The summed E-state index contributed by atoms with van der Waals surface area (Å²) in [5.41, 5.74) is 21.8. The van der Waals surface area contributed by atoms with Crippen molar-refractivity contribution in [1.82, 2.24) is 0 Å². The second kappa shape index (κ2) is 11.1. The molecule has 3 heterocycles. The van der Waals surface area contributed by atoms with Gasteiger partial charge in [-0.3, -0.25) is 0 Å². The smallest absolute Gasteiger partial charge is 0.297 e. The minimum atomic E-state index is -0.156. The van der Waals surface area contributed by atoms with E-state index in [0.717, 1.165) is 30.7 Å². The van der Waals surface area contributed by atoms with Crippen LogP contribution in [0.5, 0.6) is 0 Å². The summed E-state index contributed by atoms with van der Waals surface area (Å²) in [6.07, 6.45) is 3.42. The Balaban J connectivity index is 1.30. The second-order valence-corrected chi connectivity index (χ2v) is 24.2. The number of benzene rings is 4. The molecule has 4 heteroatoms. The van der Waals surface area contributed by atoms with Gasteiger partial charge in [-0.25, -0.2) is 0 Å². The van der Waals surface area contributed by atoms with Crippen LogP contribution in [0.25, 0.3) is 0 Å². The summed E-state index contributed by atoms with van der Waals surface area (Å²) in [4.78, 5) is 5.21. The van der Waals surface area contributed by atoms with E-state index in [1.54, 1.807) is 0 Å². The fraction of sp³-hybridized carbons (Fsp3) is 0.481. The number of anilines is 6. The molecule has 4 aromatic carbocycles. The summed E-state index contributed by atoms with van der Waals surface area (Å²) >= 11 is 0. The molecule has 3 nitrogen and oxygen atoms in total. The number of rotatable bonds is 2. The van der Waals surface area contributed by atoms with Gasteiger partial charge in [0.2, 0.25) is 0 Å². The van der Waals surface area contributed by atoms with Crippen LogP contribution in [0.4, 0.5) is 34.1 Å². The van der Waals surface area contributed by atoms with Gasteiger partial charge >= 0.3 is 0 Å². The van der Waals surface area contributed by atoms with E-state index in [9.17, 15) is 0 Å². The molecule has 0 bridgehead atoms. The van der Waals surface area contributed by atoms with Gasteiger partial charge in [-0.05, 0) is 151 Å². The Morgan fingerprint density at radius 3 is 1.36 bits per heavy atom. The number of fused-ring (bicyclic) bond motifs is 7. The van der Waals surface area contributed by atoms with Crippen molar-refractivity contribution in [1.29, 1.82) is 0 Å².